The van der Waals surface area contributed by atoms with Gasteiger partial charge in [-0.15, -0.1) is 11.8 Å². The van der Waals surface area contributed by atoms with E-state index in [9.17, 15) is 4.79 Å². The van der Waals surface area contributed by atoms with Crippen molar-refractivity contribution in [2.45, 2.75) is 10.6 Å². The number of benzene rings is 2. The molecule has 0 saturated heterocycles. The zero-order valence-corrected chi connectivity index (χ0v) is 16.9. The smallest absolute Gasteiger partial charge is 0.273 e. The average molecular weight is 428 g/mol. The number of anilines is 1. The van der Waals surface area contributed by atoms with Crippen molar-refractivity contribution in [3.05, 3.63) is 88.3 Å². The second kappa shape index (κ2) is 8.27. The molecule has 0 spiro atoms. The normalized spacial score (nSPS) is 10.9. The Morgan fingerprint density at radius 2 is 1.93 bits per heavy atom. The number of pyridine rings is 1. The Labute approximate surface area is 176 Å². The fourth-order valence-electron chi connectivity index (χ4n) is 2.77. The van der Waals surface area contributed by atoms with Gasteiger partial charge in [0.15, 0.2) is 0 Å². The molecule has 2 N–H and O–H groups in total. The fraction of sp³-hybridized carbons (Fsp3) is 0.0476. The van der Waals surface area contributed by atoms with E-state index in [1.54, 1.807) is 36.2 Å². The minimum absolute atomic E-state index is 0.298. The van der Waals surface area contributed by atoms with Crippen LogP contribution >= 0.6 is 35.0 Å². The predicted octanol–water partition coefficient (Wildman–Crippen LogP) is 6.41. The Morgan fingerprint density at radius 3 is 2.68 bits per heavy atom. The lowest BCUT2D eigenvalue weighted by Crippen LogP contribution is -2.12. The molecular weight excluding hydrogens is 413 g/mol. The molecule has 2 aromatic carbocycles. The summed E-state index contributed by atoms with van der Waals surface area (Å²) in [5.74, 6) is 0.542. The molecule has 0 radical (unpaired) electrons. The van der Waals surface area contributed by atoms with Crippen LogP contribution in [0.2, 0.25) is 10.0 Å². The lowest BCUT2D eigenvalue weighted by Gasteiger charge is -2.06. The third-order valence-corrected chi connectivity index (χ3v) is 5.88. The molecule has 28 heavy (non-hydrogen) atoms. The van der Waals surface area contributed by atoms with Crippen molar-refractivity contribution >= 4 is 57.5 Å². The summed E-state index contributed by atoms with van der Waals surface area (Å²) in [5.41, 5.74) is 2.94. The molecule has 4 nitrogen and oxygen atoms in total. The van der Waals surface area contributed by atoms with Crippen LogP contribution in [0.3, 0.4) is 0 Å². The quantitative estimate of drug-likeness (QED) is 0.361. The molecule has 4 rings (SSSR count). The van der Waals surface area contributed by atoms with Crippen LogP contribution < -0.4 is 5.32 Å². The van der Waals surface area contributed by atoms with Crippen molar-refractivity contribution in [3.63, 3.8) is 0 Å². The number of fused-ring (bicyclic) bond motifs is 1. The van der Waals surface area contributed by atoms with Crippen LogP contribution in [0.5, 0.6) is 0 Å². The van der Waals surface area contributed by atoms with Gasteiger partial charge in [-0.25, -0.2) is 0 Å². The van der Waals surface area contributed by atoms with Gasteiger partial charge in [-0.3, -0.25) is 9.78 Å². The third-order valence-electron chi connectivity index (χ3n) is 4.16. The topological polar surface area (TPSA) is 57.8 Å². The van der Waals surface area contributed by atoms with Crippen LogP contribution in [0.15, 0.2) is 71.9 Å². The van der Waals surface area contributed by atoms with Crippen molar-refractivity contribution < 1.29 is 4.79 Å². The Balaban J connectivity index is 1.44. The molecular formula is C21H15Cl2N3OS. The second-order valence-electron chi connectivity index (χ2n) is 6.13. The number of halogens is 2. The van der Waals surface area contributed by atoms with E-state index in [0.717, 1.165) is 21.6 Å². The Kier molecular flexibility index (Phi) is 5.57. The zero-order valence-electron chi connectivity index (χ0n) is 14.6. The molecule has 0 atom stereocenters. The summed E-state index contributed by atoms with van der Waals surface area (Å²) in [6.45, 7) is 0. The van der Waals surface area contributed by atoms with Gasteiger partial charge in [0, 0.05) is 44.7 Å². The van der Waals surface area contributed by atoms with E-state index in [4.69, 9.17) is 23.2 Å². The number of H-pyrrole nitrogens is 1. The van der Waals surface area contributed by atoms with Crippen LogP contribution in [0.1, 0.15) is 16.1 Å². The monoisotopic (exact) mass is 427 g/mol. The number of aromatic nitrogens is 2. The van der Waals surface area contributed by atoms with Crippen LogP contribution in [0.4, 0.5) is 5.69 Å². The van der Waals surface area contributed by atoms with Gasteiger partial charge in [-0.2, -0.15) is 0 Å². The summed E-state index contributed by atoms with van der Waals surface area (Å²) in [4.78, 5) is 20.9. The molecule has 0 aliphatic heterocycles. The van der Waals surface area contributed by atoms with Crippen LogP contribution in [-0.2, 0) is 5.75 Å². The number of amides is 1. The Hall–Kier alpha value is -2.47. The van der Waals surface area contributed by atoms with Crippen LogP contribution in [-0.4, -0.2) is 15.9 Å². The molecule has 0 aliphatic rings. The number of nitrogens with one attached hydrogen (secondary N) is 2. The van der Waals surface area contributed by atoms with Crippen molar-refractivity contribution in [3.8, 4) is 0 Å². The van der Waals surface area contributed by atoms with Gasteiger partial charge in [0.2, 0.25) is 0 Å². The highest BCUT2D eigenvalue weighted by Crippen LogP contribution is 2.30. The van der Waals surface area contributed by atoms with E-state index in [2.05, 4.69) is 15.3 Å². The van der Waals surface area contributed by atoms with Gasteiger partial charge >= 0.3 is 0 Å². The minimum atomic E-state index is -0.298. The maximum absolute atomic E-state index is 12.6. The SMILES string of the molecule is O=C(Nc1ccc(SCc2cccnc2)cc1)c1[nH]c2ccc(Cl)cc2c1Cl. The van der Waals surface area contributed by atoms with E-state index in [1.807, 2.05) is 42.6 Å². The van der Waals surface area contributed by atoms with E-state index in [1.165, 1.54) is 5.56 Å². The number of carbonyl (C=O) groups is 1. The number of carbonyl (C=O) groups excluding carboxylic acids is 1. The molecule has 7 heteroatoms. The summed E-state index contributed by atoms with van der Waals surface area (Å²) < 4.78 is 0. The number of rotatable bonds is 5. The zero-order chi connectivity index (χ0) is 19.5. The molecule has 140 valence electrons. The van der Waals surface area contributed by atoms with Gasteiger partial charge in [-0.05, 0) is 54.1 Å². The van der Waals surface area contributed by atoms with E-state index >= 15 is 0 Å². The van der Waals surface area contributed by atoms with Gasteiger partial charge in [-0.1, -0.05) is 29.3 Å². The molecule has 0 aliphatic carbocycles. The lowest BCUT2D eigenvalue weighted by atomic mass is 10.2. The van der Waals surface area contributed by atoms with Crippen molar-refractivity contribution in [1.29, 1.82) is 0 Å². The summed E-state index contributed by atoms with van der Waals surface area (Å²) in [6.07, 6.45) is 3.62. The summed E-state index contributed by atoms with van der Waals surface area (Å²) in [6, 6.07) is 17.0. The largest absolute Gasteiger partial charge is 0.349 e. The average Bonchev–Trinajstić information content (AvgIpc) is 3.04. The number of nitrogens with zero attached hydrogens (tertiary/aromatic N) is 1. The van der Waals surface area contributed by atoms with Crippen molar-refractivity contribution in [1.82, 2.24) is 9.97 Å². The first kappa shape index (κ1) is 18.9. The summed E-state index contributed by atoms with van der Waals surface area (Å²) in [5, 5.41) is 4.52. The molecule has 2 heterocycles. The van der Waals surface area contributed by atoms with Crippen LogP contribution in [0, 0.1) is 0 Å². The van der Waals surface area contributed by atoms with Gasteiger partial charge in [0.25, 0.3) is 5.91 Å². The highest BCUT2D eigenvalue weighted by Gasteiger charge is 2.17. The first-order valence-corrected chi connectivity index (χ1v) is 10.2. The molecule has 2 aromatic heterocycles. The molecule has 4 aromatic rings. The highest BCUT2D eigenvalue weighted by atomic mass is 35.5. The molecule has 0 bridgehead atoms. The summed E-state index contributed by atoms with van der Waals surface area (Å²) in [7, 11) is 0. The minimum Gasteiger partial charge on any atom is -0.349 e. The van der Waals surface area contributed by atoms with Gasteiger partial charge in [0.05, 0.1) is 5.02 Å². The molecule has 0 saturated carbocycles. The van der Waals surface area contributed by atoms with E-state index < -0.39 is 0 Å². The maximum atomic E-state index is 12.6. The molecule has 0 fully saturated rings. The van der Waals surface area contributed by atoms with Crippen LogP contribution in [0.25, 0.3) is 10.9 Å². The Bertz CT molecular complexity index is 1130. The van der Waals surface area contributed by atoms with Gasteiger partial charge < -0.3 is 10.3 Å². The highest BCUT2D eigenvalue weighted by molar-refractivity contribution is 7.98. The van der Waals surface area contributed by atoms with E-state index in [0.29, 0.717) is 21.4 Å². The first-order chi connectivity index (χ1) is 13.6. The predicted molar refractivity (Wildman–Crippen MR) is 117 cm³/mol. The van der Waals surface area contributed by atoms with Crippen molar-refractivity contribution in [2.75, 3.05) is 5.32 Å². The van der Waals surface area contributed by atoms with Crippen molar-refractivity contribution in [2.24, 2.45) is 0 Å². The Morgan fingerprint density at radius 1 is 1.11 bits per heavy atom. The maximum Gasteiger partial charge on any atom is 0.273 e. The number of aromatic amines is 1. The van der Waals surface area contributed by atoms with E-state index in [-0.39, 0.29) is 5.91 Å². The second-order valence-corrected chi connectivity index (χ2v) is 8.00. The lowest BCUT2D eigenvalue weighted by molar-refractivity contribution is 0.102. The molecule has 1 amide bonds. The summed E-state index contributed by atoms with van der Waals surface area (Å²) >= 11 is 14.1. The molecule has 0 unspecified atom stereocenters. The fourth-order valence-corrected chi connectivity index (χ4v) is 4.06. The first-order valence-electron chi connectivity index (χ1n) is 8.50. The standard InChI is InChI=1S/C21H15Cl2N3OS/c22-14-3-8-18-17(10-14)19(23)20(26-18)21(27)25-15-4-6-16(7-5-15)28-12-13-2-1-9-24-11-13/h1-11,26H,12H2,(H,25,27). The number of thioether (sulfide) groups is 1. The number of hydrogen-bond acceptors (Lipinski definition) is 3. The number of hydrogen-bond donors (Lipinski definition) is 2. The third kappa shape index (κ3) is 4.17. The van der Waals surface area contributed by atoms with Gasteiger partial charge in [0.1, 0.15) is 5.69 Å².